The van der Waals surface area contributed by atoms with Crippen molar-refractivity contribution in [3.8, 4) is 0 Å². The van der Waals surface area contributed by atoms with E-state index in [1.54, 1.807) is 0 Å². The van der Waals surface area contributed by atoms with Gasteiger partial charge < -0.3 is 34.2 Å². The van der Waals surface area contributed by atoms with Gasteiger partial charge in [0.05, 0.1) is 26.4 Å². The summed E-state index contributed by atoms with van der Waals surface area (Å²) in [5.41, 5.74) is 0. The monoisotopic (exact) mass is 1620 g/mol. The first-order chi connectivity index (χ1) is 55.2. The lowest BCUT2D eigenvalue weighted by molar-refractivity contribution is -0.161. The maximum Gasteiger partial charge on any atom is 0.472 e. The summed E-state index contributed by atoms with van der Waals surface area (Å²) in [6.07, 6.45) is 112. The highest BCUT2D eigenvalue weighted by Crippen LogP contribution is 2.45. The smallest absolute Gasteiger partial charge is 0.463 e. The molecule has 0 spiro atoms. The van der Waals surface area contributed by atoms with Crippen LogP contribution in [0.2, 0.25) is 0 Å². The zero-order chi connectivity index (χ0) is 82.2. The summed E-state index contributed by atoms with van der Waals surface area (Å²) in [5.74, 6) is -1.62. The highest BCUT2D eigenvalue weighted by atomic mass is 31.2. The molecule has 0 heterocycles. The molecule has 0 aliphatic carbocycles. The number of carbonyl (C=O) groups excluding carboxylic acids is 3. The molecule has 16 nitrogen and oxygen atoms in total. The van der Waals surface area contributed by atoms with Crippen molar-refractivity contribution >= 4 is 33.6 Å². The number of phosphoric ester groups is 2. The number of unbranched alkanes of at least 4 members (excludes halogenated alkanes) is 29. The summed E-state index contributed by atoms with van der Waals surface area (Å²) in [7, 11) is -9.82. The normalized spacial score (nSPS) is 14.7. The lowest BCUT2D eigenvalue weighted by Gasteiger charge is -2.21. The Kier molecular flexibility index (Phi) is 81.9. The van der Waals surface area contributed by atoms with Gasteiger partial charge in [-0.05, 0) is 161 Å². The number of rotatable bonds is 82. The van der Waals surface area contributed by atoms with Crippen molar-refractivity contribution in [2.45, 2.75) is 360 Å². The molecule has 0 radical (unpaired) electrons. The van der Waals surface area contributed by atoms with Crippen LogP contribution in [0.5, 0.6) is 0 Å². The van der Waals surface area contributed by atoms with E-state index in [4.69, 9.17) is 32.3 Å². The average Bonchev–Trinajstić information content (AvgIpc) is 0.899. The predicted octanol–water partition coefficient (Wildman–Crippen LogP) is 26.9. The molecule has 113 heavy (non-hydrogen) atoms. The van der Waals surface area contributed by atoms with Crippen LogP contribution in [0.4, 0.5) is 0 Å². The fourth-order valence-electron chi connectivity index (χ4n) is 11.5. The highest BCUT2D eigenvalue weighted by molar-refractivity contribution is 7.47. The minimum absolute atomic E-state index is 0.0595. The van der Waals surface area contributed by atoms with Crippen LogP contribution in [0, 0.1) is 0 Å². The van der Waals surface area contributed by atoms with E-state index in [1.807, 2.05) is 0 Å². The molecule has 0 aromatic carbocycles. The Bertz CT molecular complexity index is 2780. The summed E-state index contributed by atoms with van der Waals surface area (Å²) >= 11 is 0. The first kappa shape index (κ1) is 108. The molecule has 18 heteroatoms. The fraction of sp³-hybridized carbons (Fsp3) is 0.653. The van der Waals surface area contributed by atoms with Gasteiger partial charge in [0, 0.05) is 19.3 Å². The van der Waals surface area contributed by atoms with Crippen molar-refractivity contribution in [1.29, 1.82) is 0 Å². The van der Waals surface area contributed by atoms with Crippen LogP contribution in [0.15, 0.2) is 182 Å². The minimum Gasteiger partial charge on any atom is -0.463 e. The zero-order valence-corrected chi connectivity index (χ0v) is 72.5. The second kappa shape index (κ2) is 86.0. The van der Waals surface area contributed by atoms with E-state index in [2.05, 4.69) is 203 Å². The molecule has 0 saturated carbocycles. The molecular formula is C95H158O16P2. The predicted molar refractivity (Wildman–Crippen MR) is 472 cm³/mol. The van der Waals surface area contributed by atoms with Gasteiger partial charge in [0.1, 0.15) is 25.4 Å². The standard InChI is InChI=1S/C95H158O16P2/c1-4-7-10-13-16-19-22-25-28-31-34-36-38-40-42-43-44-45-47-49-50-52-55-57-60-63-66-69-72-75-78-81-93(98)105-84-90(96)85-107-112(101,102)108-86-91(97)87-109-113(103,104)110-89-92(111-95(100)83-80-77-74-71-68-65-62-59-54-33-30-27-24-21-18-15-12-9-6-3)88-106-94(99)82-79-76-73-70-67-64-61-58-56-53-51-48-46-41-39-37-35-32-29-26-23-20-17-14-11-8-5-2/h7,9-10,12,16-21,25-30,34-37,40-42,44-46,54,59,65,68,90-92,96-97H,4-6,8,11,13-15,22-24,31-33,38-39,43,47-53,55-58,60-64,66-67,69-89H2,1-3H3,(H,101,102)(H,103,104)/b10-7-,12-9-,19-16-,20-17-,21-18-,28-25-,29-26-,30-27-,36-34-,37-35-,42-40-,45-44-,46-41-,59-54-,68-65-. The van der Waals surface area contributed by atoms with Gasteiger partial charge in [-0.25, -0.2) is 9.13 Å². The number of allylic oxidation sites excluding steroid dienone is 30. The largest absolute Gasteiger partial charge is 0.472 e. The Morgan fingerprint density at radius 1 is 0.257 bits per heavy atom. The van der Waals surface area contributed by atoms with Crippen LogP contribution in [0.25, 0.3) is 0 Å². The number of hydrogen-bond acceptors (Lipinski definition) is 14. The summed E-state index contributed by atoms with van der Waals surface area (Å²) < 4.78 is 61.3. The van der Waals surface area contributed by atoms with E-state index >= 15 is 0 Å². The number of ether oxygens (including phenoxy) is 3. The Balaban J connectivity index is 4.61. The molecule has 0 saturated heterocycles. The molecule has 5 atom stereocenters. The molecule has 0 fully saturated rings. The molecule has 0 rings (SSSR count). The van der Waals surface area contributed by atoms with Crippen molar-refractivity contribution in [3.05, 3.63) is 182 Å². The number of aliphatic hydroxyl groups is 2. The summed E-state index contributed by atoms with van der Waals surface area (Å²) in [6, 6.07) is 0. The van der Waals surface area contributed by atoms with E-state index in [0.29, 0.717) is 19.3 Å². The van der Waals surface area contributed by atoms with Gasteiger partial charge in [-0.3, -0.25) is 32.5 Å². The molecular weight excluding hydrogens is 1460 g/mol. The molecule has 5 unspecified atom stereocenters. The average molecular weight is 1620 g/mol. The summed E-state index contributed by atoms with van der Waals surface area (Å²) in [5, 5.41) is 20.7. The van der Waals surface area contributed by atoms with E-state index in [1.165, 1.54) is 116 Å². The van der Waals surface area contributed by atoms with Gasteiger partial charge >= 0.3 is 33.6 Å². The van der Waals surface area contributed by atoms with Crippen LogP contribution < -0.4 is 0 Å². The molecule has 644 valence electrons. The number of hydrogen-bond donors (Lipinski definition) is 4. The maximum absolute atomic E-state index is 13.0. The highest BCUT2D eigenvalue weighted by Gasteiger charge is 2.29. The second-order valence-corrected chi connectivity index (χ2v) is 31.8. The van der Waals surface area contributed by atoms with Crippen molar-refractivity contribution in [3.63, 3.8) is 0 Å². The Hall–Kier alpha value is -5.35. The van der Waals surface area contributed by atoms with Gasteiger partial charge in [0.15, 0.2) is 6.10 Å². The summed E-state index contributed by atoms with van der Waals surface area (Å²) in [6.45, 7) is 2.40. The van der Waals surface area contributed by atoms with Gasteiger partial charge in [-0.1, -0.05) is 344 Å². The third-order valence-electron chi connectivity index (χ3n) is 18.1. The van der Waals surface area contributed by atoms with Gasteiger partial charge in [0.25, 0.3) is 0 Å². The fourth-order valence-corrected chi connectivity index (χ4v) is 13.1. The topological polar surface area (TPSA) is 231 Å². The van der Waals surface area contributed by atoms with Crippen LogP contribution in [0.1, 0.15) is 342 Å². The molecule has 0 aliphatic rings. The minimum atomic E-state index is -4.95. The Morgan fingerprint density at radius 3 is 0.752 bits per heavy atom. The number of phosphoric acid groups is 2. The van der Waals surface area contributed by atoms with Crippen molar-refractivity contribution in [2.75, 3.05) is 39.6 Å². The van der Waals surface area contributed by atoms with Crippen LogP contribution in [-0.4, -0.2) is 95.9 Å². The molecule has 4 N–H and O–H groups in total. The Labute approximate surface area is 687 Å². The van der Waals surface area contributed by atoms with Gasteiger partial charge in [0.2, 0.25) is 0 Å². The zero-order valence-electron chi connectivity index (χ0n) is 70.7. The third-order valence-corrected chi connectivity index (χ3v) is 20.0. The molecule has 0 aliphatic heterocycles. The molecule has 0 amide bonds. The lowest BCUT2D eigenvalue weighted by Crippen LogP contribution is -2.30. The molecule has 0 bridgehead atoms. The molecule has 0 aromatic heterocycles. The van der Waals surface area contributed by atoms with Gasteiger partial charge in [-0.15, -0.1) is 0 Å². The van der Waals surface area contributed by atoms with Crippen molar-refractivity contribution < 1.29 is 75.8 Å². The summed E-state index contributed by atoms with van der Waals surface area (Å²) in [4.78, 5) is 58.9. The van der Waals surface area contributed by atoms with Crippen LogP contribution in [-0.2, 0) is 55.8 Å². The third kappa shape index (κ3) is 87.3. The van der Waals surface area contributed by atoms with E-state index in [9.17, 15) is 43.5 Å². The maximum atomic E-state index is 13.0. The lowest BCUT2D eigenvalue weighted by atomic mass is 10.0. The van der Waals surface area contributed by atoms with Gasteiger partial charge in [-0.2, -0.15) is 0 Å². The van der Waals surface area contributed by atoms with Crippen molar-refractivity contribution in [1.82, 2.24) is 0 Å². The van der Waals surface area contributed by atoms with Crippen molar-refractivity contribution in [2.24, 2.45) is 0 Å². The number of aliphatic hydroxyl groups excluding tert-OH is 2. The number of carbonyl (C=O) groups is 3. The van der Waals surface area contributed by atoms with Crippen LogP contribution >= 0.6 is 15.6 Å². The second-order valence-electron chi connectivity index (χ2n) is 28.9. The Morgan fingerprint density at radius 2 is 0.469 bits per heavy atom. The quantitative estimate of drug-likeness (QED) is 0.0146. The first-order valence-corrected chi connectivity index (χ1v) is 47.1. The SMILES string of the molecule is CC/C=C\C/C=C\C/C=C\C/C=C\C/C=C\C/C=C\CCCCCCCCCCCCCCC(=O)OCC(O)COP(=O)(O)OCC(O)COP(=O)(O)OCC(COC(=O)CCCCCCCCCCCCC/C=C\C/C=C\C/C=C\C/C=C\CCCCC)OC(=O)CCCCC/C=C\C/C=C\C/C=C\C/C=C\C/C=C\CC. The van der Waals surface area contributed by atoms with E-state index < -0.39 is 91.5 Å². The van der Waals surface area contributed by atoms with E-state index in [0.717, 1.165) is 167 Å². The van der Waals surface area contributed by atoms with E-state index in [-0.39, 0.29) is 19.3 Å². The number of esters is 3. The first-order valence-electron chi connectivity index (χ1n) is 44.1. The van der Waals surface area contributed by atoms with Crippen LogP contribution in [0.3, 0.4) is 0 Å². The molecule has 0 aromatic rings.